The number of morpholine rings is 1. The lowest BCUT2D eigenvalue weighted by Gasteiger charge is -2.32. The van der Waals surface area contributed by atoms with Crippen LogP contribution in [0.4, 0.5) is 0 Å². The lowest BCUT2D eigenvalue weighted by Crippen LogP contribution is -2.52. The lowest BCUT2D eigenvalue weighted by atomic mass is 10.2. The molecule has 2 aliphatic rings. The molecular formula is C13H21NO6. The van der Waals surface area contributed by atoms with E-state index in [9.17, 15) is 9.59 Å². The Balaban J connectivity index is 1.68. The molecule has 2 aliphatic heterocycles. The van der Waals surface area contributed by atoms with E-state index in [0.717, 1.165) is 19.4 Å². The number of hydrogen-bond acceptors (Lipinski definition) is 5. The van der Waals surface area contributed by atoms with Crippen LogP contribution in [0.15, 0.2) is 0 Å². The number of amides is 1. The molecule has 0 spiro atoms. The van der Waals surface area contributed by atoms with Crippen molar-refractivity contribution in [2.24, 2.45) is 0 Å². The van der Waals surface area contributed by atoms with Crippen LogP contribution in [0.3, 0.4) is 0 Å². The summed E-state index contributed by atoms with van der Waals surface area (Å²) in [5.74, 6) is -1.23. The van der Waals surface area contributed by atoms with Gasteiger partial charge >= 0.3 is 5.97 Å². The molecule has 20 heavy (non-hydrogen) atoms. The summed E-state index contributed by atoms with van der Waals surface area (Å²) in [6.45, 7) is 2.33. The number of carbonyl (C=O) groups excluding carboxylic acids is 1. The minimum Gasteiger partial charge on any atom is -0.480 e. The van der Waals surface area contributed by atoms with E-state index in [1.165, 1.54) is 4.90 Å². The van der Waals surface area contributed by atoms with Gasteiger partial charge in [0.2, 0.25) is 5.91 Å². The largest absolute Gasteiger partial charge is 0.480 e. The first kappa shape index (κ1) is 15.2. The quantitative estimate of drug-likeness (QED) is 0.686. The molecule has 2 fully saturated rings. The molecule has 1 amide bonds. The van der Waals surface area contributed by atoms with Gasteiger partial charge in [-0.15, -0.1) is 0 Å². The van der Waals surface area contributed by atoms with Crippen LogP contribution in [-0.2, 0) is 23.8 Å². The summed E-state index contributed by atoms with van der Waals surface area (Å²) < 4.78 is 15.9. The van der Waals surface area contributed by atoms with Crippen LogP contribution in [0, 0.1) is 0 Å². The summed E-state index contributed by atoms with van der Waals surface area (Å²) in [6, 6.07) is -0.880. The maximum atomic E-state index is 12.0. The smallest absolute Gasteiger partial charge is 0.328 e. The van der Waals surface area contributed by atoms with Crippen molar-refractivity contribution in [2.75, 3.05) is 39.6 Å². The molecule has 0 aliphatic carbocycles. The fourth-order valence-corrected chi connectivity index (χ4v) is 2.40. The van der Waals surface area contributed by atoms with Crippen LogP contribution in [0.1, 0.15) is 19.3 Å². The van der Waals surface area contributed by atoms with Gasteiger partial charge in [0.15, 0.2) is 6.04 Å². The Kier molecular flexibility index (Phi) is 5.75. The van der Waals surface area contributed by atoms with Crippen molar-refractivity contribution in [1.82, 2.24) is 4.90 Å². The molecule has 2 heterocycles. The molecule has 2 rings (SSSR count). The summed E-state index contributed by atoms with van der Waals surface area (Å²) in [6.07, 6.45) is 2.39. The van der Waals surface area contributed by atoms with Crippen molar-refractivity contribution < 1.29 is 28.9 Å². The summed E-state index contributed by atoms with van der Waals surface area (Å²) >= 11 is 0. The van der Waals surface area contributed by atoms with E-state index in [-0.39, 0.29) is 25.0 Å². The van der Waals surface area contributed by atoms with Gasteiger partial charge in [-0.2, -0.15) is 0 Å². The standard InChI is InChI=1S/C13H21NO6/c15-12(3-6-18-8-10-2-1-5-20-10)14-4-7-19-9-11(14)13(16)17/h10-11H,1-9H2,(H,16,17)/t10-,11-/m0/s1. The van der Waals surface area contributed by atoms with E-state index >= 15 is 0 Å². The Bertz CT molecular complexity index is 342. The third-order valence-corrected chi connectivity index (χ3v) is 3.52. The maximum Gasteiger partial charge on any atom is 0.328 e. The molecule has 114 valence electrons. The van der Waals surface area contributed by atoms with Crippen molar-refractivity contribution in [3.05, 3.63) is 0 Å². The van der Waals surface area contributed by atoms with Gasteiger partial charge in [-0.3, -0.25) is 4.79 Å². The third-order valence-electron chi connectivity index (χ3n) is 3.52. The zero-order chi connectivity index (χ0) is 14.4. The number of carbonyl (C=O) groups is 2. The van der Waals surface area contributed by atoms with Crippen LogP contribution < -0.4 is 0 Å². The van der Waals surface area contributed by atoms with Crippen LogP contribution in [-0.4, -0.2) is 73.6 Å². The second-order valence-corrected chi connectivity index (χ2v) is 4.98. The van der Waals surface area contributed by atoms with Crippen molar-refractivity contribution in [3.8, 4) is 0 Å². The third kappa shape index (κ3) is 4.16. The van der Waals surface area contributed by atoms with Gasteiger partial charge in [-0.25, -0.2) is 4.79 Å². The number of carboxylic acids is 1. The normalized spacial score (nSPS) is 26.7. The summed E-state index contributed by atoms with van der Waals surface area (Å²) in [4.78, 5) is 24.4. The number of ether oxygens (including phenoxy) is 3. The average molecular weight is 287 g/mol. The van der Waals surface area contributed by atoms with E-state index in [2.05, 4.69) is 0 Å². The first-order chi connectivity index (χ1) is 9.68. The minimum atomic E-state index is -1.03. The second kappa shape index (κ2) is 7.56. The molecule has 0 saturated carbocycles. The van der Waals surface area contributed by atoms with Crippen molar-refractivity contribution in [3.63, 3.8) is 0 Å². The zero-order valence-electron chi connectivity index (χ0n) is 11.5. The SMILES string of the molecule is O=C(O)[C@@H]1COCCN1C(=O)CCOC[C@@H]1CCCO1. The molecule has 0 aromatic heterocycles. The van der Waals surface area contributed by atoms with E-state index in [1.54, 1.807) is 0 Å². The Labute approximate surface area is 117 Å². The van der Waals surface area contributed by atoms with Gasteiger partial charge in [-0.1, -0.05) is 0 Å². The molecule has 0 radical (unpaired) electrons. The second-order valence-electron chi connectivity index (χ2n) is 4.98. The number of hydrogen-bond donors (Lipinski definition) is 1. The first-order valence-corrected chi connectivity index (χ1v) is 6.98. The van der Waals surface area contributed by atoms with Gasteiger partial charge < -0.3 is 24.2 Å². The van der Waals surface area contributed by atoms with Crippen LogP contribution in [0.25, 0.3) is 0 Å². The lowest BCUT2D eigenvalue weighted by molar-refractivity contribution is -0.158. The van der Waals surface area contributed by atoms with E-state index in [0.29, 0.717) is 26.4 Å². The monoisotopic (exact) mass is 287 g/mol. The fraction of sp³-hybridized carbons (Fsp3) is 0.846. The van der Waals surface area contributed by atoms with Crippen LogP contribution >= 0.6 is 0 Å². The molecule has 0 bridgehead atoms. The maximum absolute atomic E-state index is 12.0. The molecule has 0 aromatic carbocycles. The van der Waals surface area contributed by atoms with Gasteiger partial charge in [0, 0.05) is 13.2 Å². The van der Waals surface area contributed by atoms with Crippen LogP contribution in [0.5, 0.6) is 0 Å². The van der Waals surface area contributed by atoms with Gasteiger partial charge in [0.25, 0.3) is 0 Å². The van der Waals surface area contributed by atoms with Crippen molar-refractivity contribution in [2.45, 2.75) is 31.4 Å². The Morgan fingerprint density at radius 3 is 2.90 bits per heavy atom. The minimum absolute atomic E-state index is 0.0534. The number of carboxylic acid groups (broad SMARTS) is 1. The molecule has 1 N–H and O–H groups in total. The highest BCUT2D eigenvalue weighted by atomic mass is 16.5. The molecule has 0 unspecified atom stereocenters. The molecular weight excluding hydrogens is 266 g/mol. The molecule has 0 aromatic rings. The van der Waals surface area contributed by atoms with E-state index < -0.39 is 12.0 Å². The highest BCUT2D eigenvalue weighted by molar-refractivity contribution is 5.84. The van der Waals surface area contributed by atoms with E-state index in [4.69, 9.17) is 19.3 Å². The highest BCUT2D eigenvalue weighted by Gasteiger charge is 2.32. The first-order valence-electron chi connectivity index (χ1n) is 6.98. The average Bonchev–Trinajstić information content (AvgIpc) is 2.96. The predicted octanol–water partition coefficient (Wildman–Crippen LogP) is -0.116. The van der Waals surface area contributed by atoms with Crippen molar-refractivity contribution >= 4 is 11.9 Å². The Morgan fingerprint density at radius 1 is 1.35 bits per heavy atom. The van der Waals surface area contributed by atoms with Crippen molar-refractivity contribution in [1.29, 1.82) is 0 Å². The number of aliphatic carboxylic acids is 1. The predicted molar refractivity (Wildman–Crippen MR) is 68.4 cm³/mol. The highest BCUT2D eigenvalue weighted by Crippen LogP contribution is 2.13. The molecule has 7 heteroatoms. The topological polar surface area (TPSA) is 85.3 Å². The van der Waals surface area contributed by atoms with Crippen LogP contribution in [0.2, 0.25) is 0 Å². The zero-order valence-corrected chi connectivity index (χ0v) is 11.5. The number of rotatable bonds is 6. The Morgan fingerprint density at radius 2 is 2.20 bits per heavy atom. The molecule has 7 nitrogen and oxygen atoms in total. The Hall–Kier alpha value is -1.18. The summed E-state index contributed by atoms with van der Waals surface area (Å²) in [5, 5.41) is 9.05. The molecule has 2 saturated heterocycles. The van der Waals surface area contributed by atoms with E-state index in [1.807, 2.05) is 0 Å². The fourth-order valence-electron chi connectivity index (χ4n) is 2.40. The van der Waals surface area contributed by atoms with Gasteiger partial charge in [-0.05, 0) is 12.8 Å². The van der Waals surface area contributed by atoms with Gasteiger partial charge in [0.05, 0.1) is 39.0 Å². The summed E-state index contributed by atoms with van der Waals surface area (Å²) in [5.41, 5.74) is 0. The molecule has 2 atom stereocenters. The number of nitrogens with zero attached hydrogens (tertiary/aromatic N) is 1. The summed E-state index contributed by atoms with van der Waals surface area (Å²) in [7, 11) is 0. The van der Waals surface area contributed by atoms with Gasteiger partial charge in [0.1, 0.15) is 0 Å².